The fourth-order valence-electron chi connectivity index (χ4n) is 1.40. The fraction of sp³-hybridized carbons (Fsp3) is 0.100. The Labute approximate surface area is 103 Å². The third kappa shape index (κ3) is 2.42. The van der Waals surface area contributed by atoms with Gasteiger partial charge in [0.05, 0.1) is 16.7 Å². The number of halogens is 1. The third-order valence-corrected chi connectivity index (χ3v) is 3.52. The van der Waals surface area contributed by atoms with Crippen molar-refractivity contribution in [2.75, 3.05) is 12.0 Å². The summed E-state index contributed by atoms with van der Waals surface area (Å²) in [4.78, 5) is 0.126. The van der Waals surface area contributed by atoms with E-state index in [0.717, 1.165) is 6.26 Å². The van der Waals surface area contributed by atoms with Gasteiger partial charge in [0.1, 0.15) is 0 Å². The first kappa shape index (κ1) is 11.9. The number of anilines is 1. The molecule has 0 atom stereocenters. The molecule has 5 nitrogen and oxygen atoms in total. The van der Waals surface area contributed by atoms with Gasteiger partial charge in [-0.25, -0.2) is 8.42 Å². The van der Waals surface area contributed by atoms with Crippen LogP contribution >= 0.6 is 11.6 Å². The molecule has 7 heteroatoms. The van der Waals surface area contributed by atoms with Gasteiger partial charge in [0, 0.05) is 11.3 Å². The van der Waals surface area contributed by atoms with Crippen LogP contribution < -0.4 is 5.73 Å². The summed E-state index contributed by atoms with van der Waals surface area (Å²) in [6, 6.07) is 4.45. The molecule has 1 aromatic carbocycles. The predicted octanol–water partition coefficient (Wildman–Crippen LogP) is 1.98. The van der Waals surface area contributed by atoms with E-state index in [9.17, 15) is 8.42 Å². The van der Waals surface area contributed by atoms with Crippen LogP contribution in [0.25, 0.3) is 11.1 Å². The summed E-state index contributed by atoms with van der Waals surface area (Å²) in [6.45, 7) is 0. The smallest absolute Gasteiger partial charge is 0.229 e. The van der Waals surface area contributed by atoms with Crippen molar-refractivity contribution in [3.63, 3.8) is 0 Å². The number of nitrogen functional groups attached to an aromatic ring is 1. The summed E-state index contributed by atoms with van der Waals surface area (Å²) in [7, 11) is -3.33. The summed E-state index contributed by atoms with van der Waals surface area (Å²) in [5.41, 5.74) is 6.62. The molecule has 17 heavy (non-hydrogen) atoms. The van der Waals surface area contributed by atoms with Crippen molar-refractivity contribution in [1.82, 2.24) is 5.16 Å². The van der Waals surface area contributed by atoms with Gasteiger partial charge in [-0.05, 0) is 23.8 Å². The van der Waals surface area contributed by atoms with Crippen LogP contribution in [0.1, 0.15) is 0 Å². The van der Waals surface area contributed by atoms with E-state index < -0.39 is 9.84 Å². The standard InChI is InChI=1S/C10H9ClN2O3S/c1-17(14,15)8-3-6(2-7(11)4-8)9-5-13-16-10(9)12/h2-5H,12H2,1H3. The molecule has 0 aliphatic carbocycles. The Hall–Kier alpha value is -1.53. The van der Waals surface area contributed by atoms with E-state index >= 15 is 0 Å². The summed E-state index contributed by atoms with van der Waals surface area (Å²) in [5, 5.41) is 3.84. The minimum absolute atomic E-state index is 0.117. The molecular formula is C10H9ClN2O3S. The van der Waals surface area contributed by atoms with Gasteiger partial charge >= 0.3 is 0 Å². The number of aromatic nitrogens is 1. The number of benzene rings is 1. The van der Waals surface area contributed by atoms with Gasteiger partial charge in [0.25, 0.3) is 0 Å². The largest absolute Gasteiger partial charge is 0.367 e. The first-order valence-electron chi connectivity index (χ1n) is 4.59. The SMILES string of the molecule is CS(=O)(=O)c1cc(Cl)cc(-c2cnoc2N)c1. The van der Waals surface area contributed by atoms with Gasteiger partial charge in [-0.2, -0.15) is 0 Å². The number of nitrogens with two attached hydrogens (primary N) is 1. The van der Waals surface area contributed by atoms with Crippen LogP contribution in [0, 0.1) is 0 Å². The van der Waals surface area contributed by atoms with E-state index in [1.165, 1.54) is 18.3 Å². The molecule has 90 valence electrons. The molecule has 1 aromatic heterocycles. The summed E-state index contributed by atoms with van der Waals surface area (Å²) < 4.78 is 27.6. The Bertz CT molecular complexity index is 664. The first-order valence-corrected chi connectivity index (χ1v) is 6.86. The molecule has 0 bridgehead atoms. The molecule has 0 fully saturated rings. The van der Waals surface area contributed by atoms with E-state index in [0.29, 0.717) is 16.1 Å². The second-order valence-corrected chi connectivity index (χ2v) is 6.00. The van der Waals surface area contributed by atoms with Crippen molar-refractivity contribution in [3.05, 3.63) is 29.4 Å². The van der Waals surface area contributed by atoms with E-state index in [2.05, 4.69) is 5.16 Å². The fourth-order valence-corrected chi connectivity index (χ4v) is 2.38. The minimum atomic E-state index is -3.33. The number of hydrogen-bond acceptors (Lipinski definition) is 5. The van der Waals surface area contributed by atoms with Crippen molar-refractivity contribution in [2.45, 2.75) is 4.90 Å². The van der Waals surface area contributed by atoms with Crippen LogP contribution in [0.2, 0.25) is 5.02 Å². The highest BCUT2D eigenvalue weighted by Crippen LogP contribution is 2.30. The Morgan fingerprint density at radius 1 is 1.35 bits per heavy atom. The Morgan fingerprint density at radius 3 is 2.59 bits per heavy atom. The Balaban J connectivity index is 2.65. The van der Waals surface area contributed by atoms with E-state index in [1.54, 1.807) is 6.07 Å². The topological polar surface area (TPSA) is 86.2 Å². The molecule has 0 radical (unpaired) electrons. The molecule has 0 unspecified atom stereocenters. The summed E-state index contributed by atoms with van der Waals surface area (Å²) in [5.74, 6) is 0.117. The van der Waals surface area contributed by atoms with Crippen molar-refractivity contribution in [3.8, 4) is 11.1 Å². The summed E-state index contributed by atoms with van der Waals surface area (Å²) in [6.07, 6.45) is 2.52. The number of sulfone groups is 1. The zero-order valence-electron chi connectivity index (χ0n) is 8.84. The zero-order valence-corrected chi connectivity index (χ0v) is 10.4. The van der Waals surface area contributed by atoms with Crippen LogP contribution in [0.5, 0.6) is 0 Å². The van der Waals surface area contributed by atoms with E-state index in [-0.39, 0.29) is 10.8 Å². The van der Waals surface area contributed by atoms with E-state index in [1.807, 2.05) is 0 Å². The highest BCUT2D eigenvalue weighted by atomic mass is 35.5. The van der Waals surface area contributed by atoms with Gasteiger partial charge in [-0.1, -0.05) is 16.8 Å². The molecule has 0 amide bonds. The highest BCUT2D eigenvalue weighted by molar-refractivity contribution is 7.90. The van der Waals surface area contributed by atoms with Crippen LogP contribution in [0.4, 0.5) is 5.88 Å². The van der Waals surface area contributed by atoms with Crippen molar-refractivity contribution < 1.29 is 12.9 Å². The zero-order chi connectivity index (χ0) is 12.6. The maximum Gasteiger partial charge on any atom is 0.229 e. The maximum atomic E-state index is 11.5. The van der Waals surface area contributed by atoms with Crippen molar-refractivity contribution in [2.24, 2.45) is 0 Å². The lowest BCUT2D eigenvalue weighted by atomic mass is 10.1. The second kappa shape index (κ2) is 4.05. The average molecular weight is 273 g/mol. The molecule has 2 N–H and O–H groups in total. The molecule has 0 aliphatic heterocycles. The van der Waals surface area contributed by atoms with Crippen LogP contribution in [-0.2, 0) is 9.84 Å². The van der Waals surface area contributed by atoms with Crippen LogP contribution in [0.15, 0.2) is 33.8 Å². The lowest BCUT2D eigenvalue weighted by molar-refractivity contribution is 0.436. The molecule has 1 heterocycles. The lowest BCUT2D eigenvalue weighted by Crippen LogP contribution is -1.97. The second-order valence-electron chi connectivity index (χ2n) is 3.55. The van der Waals surface area contributed by atoms with Gasteiger partial charge in [-0.3, -0.25) is 0 Å². The van der Waals surface area contributed by atoms with Crippen LogP contribution in [0.3, 0.4) is 0 Å². The monoisotopic (exact) mass is 272 g/mol. The van der Waals surface area contributed by atoms with Gasteiger partial charge < -0.3 is 10.3 Å². The molecule has 0 saturated carbocycles. The maximum absolute atomic E-state index is 11.5. The van der Waals surface area contributed by atoms with Gasteiger partial charge in [0.2, 0.25) is 5.88 Å². The molecule has 2 aromatic rings. The minimum Gasteiger partial charge on any atom is -0.367 e. The average Bonchev–Trinajstić information content (AvgIpc) is 2.62. The van der Waals surface area contributed by atoms with Crippen LogP contribution in [-0.4, -0.2) is 19.8 Å². The van der Waals surface area contributed by atoms with Crippen molar-refractivity contribution in [1.29, 1.82) is 0 Å². The molecule has 2 rings (SSSR count). The first-order chi connectivity index (χ1) is 7.88. The summed E-state index contributed by atoms with van der Waals surface area (Å²) >= 11 is 5.87. The normalized spacial score (nSPS) is 11.6. The quantitative estimate of drug-likeness (QED) is 0.903. The molecule has 0 spiro atoms. The third-order valence-electron chi connectivity index (χ3n) is 2.21. The van der Waals surface area contributed by atoms with E-state index in [4.69, 9.17) is 21.9 Å². The lowest BCUT2D eigenvalue weighted by Gasteiger charge is -2.03. The Kier molecular flexibility index (Phi) is 2.84. The number of hydrogen-bond donors (Lipinski definition) is 1. The Morgan fingerprint density at radius 2 is 2.06 bits per heavy atom. The number of rotatable bonds is 2. The van der Waals surface area contributed by atoms with Gasteiger partial charge in [-0.15, -0.1) is 0 Å². The van der Waals surface area contributed by atoms with Gasteiger partial charge in [0.15, 0.2) is 9.84 Å². The highest BCUT2D eigenvalue weighted by Gasteiger charge is 2.13. The molecule has 0 saturated heterocycles. The predicted molar refractivity (Wildman–Crippen MR) is 64.5 cm³/mol. The molecular weight excluding hydrogens is 264 g/mol. The number of nitrogens with zero attached hydrogens (tertiary/aromatic N) is 1. The van der Waals surface area contributed by atoms with Crippen molar-refractivity contribution >= 4 is 27.3 Å². The molecule has 0 aliphatic rings.